The molecule has 2 N–H and O–H groups in total. The molecule has 7 heteroatoms. The third kappa shape index (κ3) is 2.85. The van der Waals surface area contributed by atoms with Crippen molar-refractivity contribution in [3.05, 3.63) is 29.8 Å². The summed E-state index contributed by atoms with van der Waals surface area (Å²) in [4.78, 5) is 13.3. The first kappa shape index (κ1) is 12.5. The highest BCUT2D eigenvalue weighted by atomic mass is 32.2. The number of carbonyl (C=O) groups excluding carboxylic acids is 1. The van der Waals surface area contributed by atoms with Crippen LogP contribution in [0.5, 0.6) is 0 Å². The van der Waals surface area contributed by atoms with Crippen molar-refractivity contribution in [3.8, 4) is 6.07 Å². The minimum Gasteiger partial charge on any atom is -0.277 e. The number of hydrogen-bond acceptors (Lipinski definition) is 4. The average molecular weight is 265 g/mol. The number of carbonyl (C=O) groups is 1. The summed E-state index contributed by atoms with van der Waals surface area (Å²) in [7, 11) is -3.78. The number of nitrogens with one attached hydrogen (secondary N) is 2. The summed E-state index contributed by atoms with van der Waals surface area (Å²) in [6, 6.07) is 7.31. The molecule has 0 atom stereocenters. The molecule has 1 aliphatic rings. The van der Waals surface area contributed by atoms with Crippen LogP contribution in [0.1, 0.15) is 18.4 Å². The van der Waals surface area contributed by atoms with Crippen molar-refractivity contribution < 1.29 is 13.2 Å². The predicted octanol–water partition coefficient (Wildman–Crippen LogP) is 0.278. The summed E-state index contributed by atoms with van der Waals surface area (Å²) in [5.74, 6) is -0.388. The Bertz CT molecular complexity index is 597. The van der Waals surface area contributed by atoms with E-state index in [0.717, 1.165) is 12.8 Å². The Kier molecular flexibility index (Phi) is 3.32. The number of rotatable bonds is 4. The predicted molar refractivity (Wildman–Crippen MR) is 62.3 cm³/mol. The molecule has 1 aromatic rings. The molecule has 1 fully saturated rings. The molecule has 0 aromatic heterocycles. The summed E-state index contributed by atoms with van der Waals surface area (Å²) in [5.41, 5.74) is 2.54. The summed E-state index contributed by atoms with van der Waals surface area (Å²) in [5, 5.41) is 8.60. The second kappa shape index (κ2) is 4.76. The summed E-state index contributed by atoms with van der Waals surface area (Å²) < 4.78 is 23.5. The van der Waals surface area contributed by atoms with Crippen molar-refractivity contribution >= 4 is 15.9 Å². The van der Waals surface area contributed by atoms with E-state index in [4.69, 9.17) is 5.26 Å². The van der Waals surface area contributed by atoms with Crippen LogP contribution in [0, 0.1) is 17.2 Å². The van der Waals surface area contributed by atoms with Gasteiger partial charge in [0.1, 0.15) is 0 Å². The minimum atomic E-state index is -3.78. The van der Waals surface area contributed by atoms with Gasteiger partial charge in [0.25, 0.3) is 10.0 Å². The fourth-order valence-corrected chi connectivity index (χ4v) is 2.18. The van der Waals surface area contributed by atoms with Gasteiger partial charge >= 0.3 is 0 Å². The molecule has 2 rings (SSSR count). The van der Waals surface area contributed by atoms with Crippen molar-refractivity contribution in [3.63, 3.8) is 0 Å². The Balaban J connectivity index is 2.05. The molecule has 94 valence electrons. The quantitative estimate of drug-likeness (QED) is 0.764. The molecule has 0 aliphatic heterocycles. The zero-order valence-corrected chi connectivity index (χ0v) is 10.2. The zero-order valence-electron chi connectivity index (χ0n) is 9.38. The molecule has 1 aromatic carbocycles. The first-order chi connectivity index (χ1) is 8.53. The maximum Gasteiger partial charge on any atom is 0.257 e. The molecule has 1 saturated carbocycles. The van der Waals surface area contributed by atoms with E-state index in [-0.39, 0.29) is 16.7 Å². The fraction of sp³-hybridized carbons (Fsp3) is 0.273. The molecular formula is C11H11N3O3S. The third-order valence-electron chi connectivity index (χ3n) is 2.55. The lowest BCUT2D eigenvalue weighted by Crippen LogP contribution is -2.42. The van der Waals surface area contributed by atoms with Gasteiger partial charge in [-0.3, -0.25) is 10.2 Å². The van der Waals surface area contributed by atoms with Crippen molar-refractivity contribution in [1.29, 1.82) is 5.26 Å². The largest absolute Gasteiger partial charge is 0.277 e. The first-order valence-electron chi connectivity index (χ1n) is 5.35. The summed E-state index contributed by atoms with van der Waals surface area (Å²) in [6.07, 6.45) is 1.59. The van der Waals surface area contributed by atoms with Crippen LogP contribution < -0.4 is 10.3 Å². The Morgan fingerprint density at radius 1 is 1.28 bits per heavy atom. The molecule has 0 radical (unpaired) electrons. The first-order valence-corrected chi connectivity index (χ1v) is 6.83. The number of nitriles is 1. The third-order valence-corrected chi connectivity index (χ3v) is 3.81. The summed E-state index contributed by atoms with van der Waals surface area (Å²) in [6.45, 7) is 0. The highest BCUT2D eigenvalue weighted by Gasteiger charge is 2.30. The molecule has 6 nitrogen and oxygen atoms in total. The molecule has 18 heavy (non-hydrogen) atoms. The van der Waals surface area contributed by atoms with Crippen LogP contribution in [0.3, 0.4) is 0 Å². The van der Waals surface area contributed by atoms with Gasteiger partial charge in [-0.2, -0.15) is 5.26 Å². The Hall–Kier alpha value is -1.91. The number of amides is 1. The van der Waals surface area contributed by atoms with Crippen LogP contribution in [0.2, 0.25) is 0 Å². The molecule has 1 amide bonds. The van der Waals surface area contributed by atoms with Gasteiger partial charge < -0.3 is 0 Å². The fourth-order valence-electron chi connectivity index (χ4n) is 1.33. The number of nitrogens with zero attached hydrogens (tertiary/aromatic N) is 1. The lowest BCUT2D eigenvalue weighted by Gasteiger charge is -2.07. The molecule has 0 heterocycles. The van der Waals surface area contributed by atoms with E-state index in [2.05, 4.69) is 5.43 Å². The van der Waals surface area contributed by atoms with Crippen molar-refractivity contribution in [2.45, 2.75) is 17.7 Å². The normalized spacial score (nSPS) is 14.8. The van der Waals surface area contributed by atoms with E-state index < -0.39 is 10.0 Å². The molecule has 0 saturated heterocycles. The molecule has 0 spiro atoms. The summed E-state index contributed by atoms with van der Waals surface area (Å²) >= 11 is 0. The van der Waals surface area contributed by atoms with E-state index >= 15 is 0 Å². The van der Waals surface area contributed by atoms with Crippen LogP contribution in [-0.2, 0) is 14.8 Å². The second-order valence-electron chi connectivity index (χ2n) is 4.01. The van der Waals surface area contributed by atoms with E-state index in [9.17, 15) is 13.2 Å². The molecular weight excluding hydrogens is 254 g/mol. The highest BCUT2D eigenvalue weighted by molar-refractivity contribution is 7.89. The smallest absolute Gasteiger partial charge is 0.257 e. The van der Waals surface area contributed by atoms with Crippen LogP contribution in [0.15, 0.2) is 29.2 Å². The van der Waals surface area contributed by atoms with Gasteiger partial charge in [-0.15, -0.1) is 4.83 Å². The SMILES string of the molecule is N#Cc1ccc(S(=O)(=O)NNC(=O)C2CC2)cc1. The van der Waals surface area contributed by atoms with Gasteiger partial charge in [-0.25, -0.2) is 8.42 Å². The van der Waals surface area contributed by atoms with Gasteiger partial charge in [0.2, 0.25) is 5.91 Å². The van der Waals surface area contributed by atoms with E-state index in [1.807, 2.05) is 10.9 Å². The van der Waals surface area contributed by atoms with Gasteiger partial charge in [-0.1, -0.05) is 0 Å². The highest BCUT2D eigenvalue weighted by Crippen LogP contribution is 2.28. The Morgan fingerprint density at radius 2 is 1.89 bits per heavy atom. The van der Waals surface area contributed by atoms with Crippen LogP contribution in [0.4, 0.5) is 0 Å². The standard InChI is InChI=1S/C11H11N3O3S/c12-7-8-1-5-10(6-2-8)18(16,17)14-13-11(15)9-3-4-9/h1-2,5-6,9,14H,3-4H2,(H,13,15). The van der Waals surface area contributed by atoms with Crippen LogP contribution >= 0.6 is 0 Å². The Morgan fingerprint density at radius 3 is 2.39 bits per heavy atom. The molecule has 1 aliphatic carbocycles. The van der Waals surface area contributed by atoms with Crippen molar-refractivity contribution in [2.24, 2.45) is 5.92 Å². The lowest BCUT2D eigenvalue weighted by molar-refractivity contribution is -0.122. The van der Waals surface area contributed by atoms with E-state index in [1.165, 1.54) is 24.3 Å². The van der Waals surface area contributed by atoms with Crippen molar-refractivity contribution in [2.75, 3.05) is 0 Å². The Labute approximate surface area is 105 Å². The maximum absolute atomic E-state index is 11.8. The van der Waals surface area contributed by atoms with Gasteiger partial charge in [0.15, 0.2) is 0 Å². The number of hydrogen-bond donors (Lipinski definition) is 2. The molecule has 0 unspecified atom stereocenters. The minimum absolute atomic E-state index is 0.00223. The van der Waals surface area contributed by atoms with Gasteiger partial charge in [0, 0.05) is 5.92 Å². The molecule has 0 bridgehead atoms. The van der Waals surface area contributed by atoms with E-state index in [1.54, 1.807) is 0 Å². The number of hydrazine groups is 1. The average Bonchev–Trinajstić information content (AvgIpc) is 3.20. The maximum atomic E-state index is 11.8. The topological polar surface area (TPSA) is 99.1 Å². The monoisotopic (exact) mass is 265 g/mol. The van der Waals surface area contributed by atoms with Gasteiger partial charge in [-0.05, 0) is 37.1 Å². The number of benzene rings is 1. The van der Waals surface area contributed by atoms with E-state index in [0.29, 0.717) is 5.56 Å². The lowest BCUT2D eigenvalue weighted by atomic mass is 10.2. The van der Waals surface area contributed by atoms with Crippen molar-refractivity contribution in [1.82, 2.24) is 10.3 Å². The zero-order chi connectivity index (χ0) is 13.2. The van der Waals surface area contributed by atoms with Gasteiger partial charge in [0.05, 0.1) is 16.5 Å². The van der Waals surface area contributed by atoms with Crippen LogP contribution in [-0.4, -0.2) is 14.3 Å². The van der Waals surface area contributed by atoms with Crippen LogP contribution in [0.25, 0.3) is 0 Å². The second-order valence-corrected chi connectivity index (χ2v) is 5.69. The number of sulfonamides is 1.